The van der Waals surface area contributed by atoms with Crippen LogP contribution in [0, 0.1) is 17.8 Å². The van der Waals surface area contributed by atoms with Crippen molar-refractivity contribution in [3.05, 3.63) is 36.4 Å². The predicted molar refractivity (Wildman–Crippen MR) is 197 cm³/mol. The van der Waals surface area contributed by atoms with E-state index in [-0.39, 0.29) is 44.0 Å². The Morgan fingerprint density at radius 3 is 2.56 bits per heavy atom. The first kappa shape index (κ1) is 39.0. The number of ether oxygens (including phenoxy) is 2. The quantitative estimate of drug-likeness (QED) is 0.274. The van der Waals surface area contributed by atoms with Gasteiger partial charge in [-0.2, -0.15) is 4.98 Å². The van der Waals surface area contributed by atoms with Gasteiger partial charge in [0.15, 0.2) is 0 Å². The van der Waals surface area contributed by atoms with Gasteiger partial charge in [0.1, 0.15) is 46.7 Å². The molecule has 54 heavy (non-hydrogen) atoms. The SMILES string of the molecule is COc1ccc2c(O[C@@H]3C[C@H]4C(=O)N[C@]5(C(=O)NS(=O)(=O)C6(CF)CC6)C[C@H]5/C=C\CC[C@@H](C)C[C@@H](C)[C@H](NC(=O)O)C(=O)N4C3)nc(N(C)C)cc2c1. The van der Waals surface area contributed by atoms with Gasteiger partial charge in [-0.15, -0.1) is 0 Å². The Morgan fingerprint density at radius 1 is 1.17 bits per heavy atom. The van der Waals surface area contributed by atoms with Gasteiger partial charge in [0, 0.05) is 31.8 Å². The number of allylic oxidation sites excluding steroid dienone is 1. The molecule has 0 spiro atoms. The number of carbonyl (C=O) groups excluding carboxylic acids is 3. The smallest absolute Gasteiger partial charge is 0.405 e. The van der Waals surface area contributed by atoms with E-state index in [1.54, 1.807) is 37.1 Å². The van der Waals surface area contributed by atoms with Gasteiger partial charge >= 0.3 is 6.09 Å². The van der Waals surface area contributed by atoms with Gasteiger partial charge in [0.2, 0.25) is 27.7 Å². The molecule has 2 aliphatic heterocycles. The van der Waals surface area contributed by atoms with Crippen LogP contribution in [0.1, 0.15) is 58.8 Å². The van der Waals surface area contributed by atoms with Crippen LogP contribution in [0.5, 0.6) is 11.6 Å². The highest BCUT2D eigenvalue weighted by atomic mass is 32.2. The minimum Gasteiger partial charge on any atom is -0.497 e. The lowest BCUT2D eigenvalue weighted by Gasteiger charge is -2.32. The van der Waals surface area contributed by atoms with Crippen LogP contribution in [-0.2, 0) is 24.4 Å². The highest BCUT2D eigenvalue weighted by Gasteiger charge is 2.64. The fourth-order valence-electron chi connectivity index (χ4n) is 7.68. The minimum absolute atomic E-state index is 0.0465. The second-order valence-electron chi connectivity index (χ2n) is 15.5. The molecule has 1 aromatic carbocycles. The summed E-state index contributed by atoms with van der Waals surface area (Å²) in [5.41, 5.74) is -1.67. The molecule has 15 nitrogen and oxygen atoms in total. The number of anilines is 1. The Balaban J connectivity index is 1.36. The number of fused-ring (bicyclic) bond motifs is 3. The van der Waals surface area contributed by atoms with Crippen LogP contribution in [0.2, 0.25) is 0 Å². The summed E-state index contributed by atoms with van der Waals surface area (Å²) < 4.78 is 52.4. The molecule has 17 heteroatoms. The summed E-state index contributed by atoms with van der Waals surface area (Å²) in [5, 5.41) is 16.4. The maximum atomic E-state index is 14.5. The number of hydrogen-bond acceptors (Lipinski definition) is 10. The van der Waals surface area contributed by atoms with Gasteiger partial charge < -0.3 is 35.0 Å². The molecule has 1 saturated heterocycles. The van der Waals surface area contributed by atoms with E-state index in [4.69, 9.17) is 14.5 Å². The fourth-order valence-corrected chi connectivity index (χ4v) is 9.10. The lowest BCUT2D eigenvalue weighted by Crippen LogP contribution is -2.59. The van der Waals surface area contributed by atoms with Crippen LogP contribution in [0.15, 0.2) is 36.4 Å². The first-order valence-electron chi connectivity index (χ1n) is 18.3. The first-order valence-corrected chi connectivity index (χ1v) is 19.8. The van der Waals surface area contributed by atoms with Crippen molar-refractivity contribution in [3.8, 4) is 11.6 Å². The van der Waals surface area contributed by atoms with Gasteiger partial charge in [0.25, 0.3) is 5.91 Å². The van der Waals surface area contributed by atoms with Gasteiger partial charge in [-0.05, 0) is 80.0 Å². The number of carbonyl (C=O) groups is 4. The van der Waals surface area contributed by atoms with Crippen LogP contribution < -0.4 is 29.7 Å². The second-order valence-corrected chi connectivity index (χ2v) is 17.6. The fraction of sp³-hybridized carbons (Fsp3) is 0.595. The number of rotatable bonds is 9. The van der Waals surface area contributed by atoms with Crippen LogP contribution >= 0.6 is 0 Å². The lowest BCUT2D eigenvalue weighted by atomic mass is 9.88. The van der Waals surface area contributed by atoms with E-state index in [0.29, 0.717) is 36.2 Å². The molecule has 3 fully saturated rings. The molecule has 2 aromatic rings. The molecular formula is C37H49FN6O9S. The first-order chi connectivity index (χ1) is 25.5. The number of nitrogens with one attached hydrogen (secondary N) is 3. The summed E-state index contributed by atoms with van der Waals surface area (Å²) in [5.74, 6) is -1.81. The van der Waals surface area contributed by atoms with Crippen molar-refractivity contribution >= 4 is 50.4 Å². The van der Waals surface area contributed by atoms with Gasteiger partial charge in [-0.3, -0.25) is 19.1 Å². The summed E-state index contributed by atoms with van der Waals surface area (Å²) in [4.78, 5) is 62.5. The van der Waals surface area contributed by atoms with E-state index >= 15 is 0 Å². The van der Waals surface area contributed by atoms with Crippen LogP contribution in [0.4, 0.5) is 15.0 Å². The van der Waals surface area contributed by atoms with Gasteiger partial charge in [-0.1, -0.05) is 26.0 Å². The third-order valence-corrected chi connectivity index (χ3v) is 13.4. The molecule has 294 valence electrons. The standard InChI is InChI=1S/C37H49FN6O9S/c1-21-8-6-7-9-24-18-37(24,34(47)42-54(50,51)36(20-38)12-13-36)41-31(45)28-17-26(19-44(28)33(46)30(22(2)14-21)40-35(48)49)53-32-27-11-10-25(52-5)15-23(27)16-29(39-32)43(3)4/h7,9-11,15-16,21-22,24,26,28,30,40H,6,8,12-14,17-20H2,1-5H3,(H,41,45)(H,42,47)(H,48,49)/b9-7-/t21-,22-,24-,26-,28+,30+,37-/m1/s1. The van der Waals surface area contributed by atoms with Gasteiger partial charge in [-0.25, -0.2) is 17.6 Å². The summed E-state index contributed by atoms with van der Waals surface area (Å²) in [6.45, 7) is 2.54. The summed E-state index contributed by atoms with van der Waals surface area (Å²) in [7, 11) is 0.813. The van der Waals surface area contributed by atoms with Crippen molar-refractivity contribution in [2.24, 2.45) is 17.8 Å². The summed E-state index contributed by atoms with van der Waals surface area (Å²) >= 11 is 0. The monoisotopic (exact) mass is 772 g/mol. The molecule has 0 bridgehead atoms. The number of amides is 4. The zero-order chi connectivity index (χ0) is 39.2. The Bertz CT molecular complexity index is 1960. The molecule has 7 atom stereocenters. The lowest BCUT2D eigenvalue weighted by molar-refractivity contribution is -0.142. The molecule has 4 N–H and O–H groups in total. The van der Waals surface area contributed by atoms with Gasteiger partial charge in [0.05, 0.1) is 13.7 Å². The van der Waals surface area contributed by atoms with Crippen molar-refractivity contribution in [1.29, 1.82) is 0 Å². The number of sulfonamides is 1. The molecule has 2 saturated carbocycles. The average molecular weight is 773 g/mol. The van der Waals surface area contributed by atoms with Crippen LogP contribution in [0.3, 0.4) is 0 Å². The van der Waals surface area contributed by atoms with E-state index in [1.165, 1.54) is 4.90 Å². The van der Waals surface area contributed by atoms with E-state index in [1.807, 2.05) is 39.2 Å². The molecule has 4 amide bonds. The maximum absolute atomic E-state index is 14.5. The zero-order valence-electron chi connectivity index (χ0n) is 31.1. The van der Waals surface area contributed by atoms with Crippen molar-refractivity contribution in [3.63, 3.8) is 0 Å². The molecule has 0 unspecified atom stereocenters. The molecule has 3 heterocycles. The number of methoxy groups -OCH3 is 1. The van der Waals surface area contributed by atoms with Crippen molar-refractivity contribution in [1.82, 2.24) is 25.2 Å². The van der Waals surface area contributed by atoms with Crippen LogP contribution in [0.25, 0.3) is 10.8 Å². The average Bonchev–Trinajstić information content (AvgIpc) is 4.02. The van der Waals surface area contributed by atoms with Crippen molar-refractivity contribution in [2.45, 2.75) is 87.3 Å². The van der Waals surface area contributed by atoms with Crippen molar-refractivity contribution in [2.75, 3.05) is 39.3 Å². The molecule has 1 aromatic heterocycles. The highest BCUT2D eigenvalue weighted by molar-refractivity contribution is 7.91. The Morgan fingerprint density at radius 2 is 1.91 bits per heavy atom. The number of nitrogens with zero attached hydrogens (tertiary/aromatic N) is 3. The minimum atomic E-state index is -4.39. The third kappa shape index (κ3) is 7.64. The zero-order valence-corrected chi connectivity index (χ0v) is 31.9. The molecular weight excluding hydrogens is 724 g/mol. The Hall–Kier alpha value is -4.67. The van der Waals surface area contributed by atoms with E-state index in [9.17, 15) is 37.1 Å². The molecule has 2 aliphatic carbocycles. The summed E-state index contributed by atoms with van der Waals surface area (Å²) in [6.07, 6.45) is 3.47. The number of halogens is 1. The number of alkyl halides is 1. The number of benzene rings is 1. The Kier molecular flexibility index (Phi) is 10.7. The van der Waals surface area contributed by atoms with Crippen molar-refractivity contribution < 1.29 is 46.6 Å². The molecule has 0 radical (unpaired) electrons. The van der Waals surface area contributed by atoms with E-state index < -0.39 is 80.8 Å². The maximum Gasteiger partial charge on any atom is 0.405 e. The van der Waals surface area contributed by atoms with E-state index in [2.05, 4.69) is 15.4 Å². The predicted octanol–water partition coefficient (Wildman–Crippen LogP) is 3.13. The number of hydrogen-bond donors (Lipinski definition) is 4. The normalized spacial score (nSPS) is 30.1. The number of aromatic nitrogens is 1. The molecule has 6 rings (SSSR count). The van der Waals surface area contributed by atoms with Crippen LogP contribution in [-0.4, -0.2) is 110 Å². The third-order valence-electron chi connectivity index (χ3n) is 11.3. The van der Waals surface area contributed by atoms with E-state index in [0.717, 1.165) is 5.39 Å². The summed E-state index contributed by atoms with van der Waals surface area (Å²) in [6, 6.07) is 4.83. The Labute approximate surface area is 314 Å². The number of pyridine rings is 1. The molecule has 4 aliphatic rings. The highest BCUT2D eigenvalue weighted by Crippen LogP contribution is 2.48. The second kappa shape index (κ2) is 14.9. The number of carboxylic acid groups (broad SMARTS) is 1. The largest absolute Gasteiger partial charge is 0.497 e. The topological polar surface area (TPSA) is 197 Å².